The van der Waals surface area contributed by atoms with Crippen LogP contribution in [0.3, 0.4) is 0 Å². The fraction of sp³-hybridized carbons (Fsp3) is 0.811. The molecule has 1 aliphatic rings. The second-order valence-electron chi connectivity index (χ2n) is 13.7. The maximum absolute atomic E-state index is 12.9. The molecule has 0 radical (unpaired) electrons. The van der Waals surface area contributed by atoms with Crippen LogP contribution in [0.15, 0.2) is 24.3 Å². The van der Waals surface area contributed by atoms with Crippen LogP contribution in [0.5, 0.6) is 0 Å². The molecule has 8 atom stereocenters. The lowest BCUT2D eigenvalue weighted by atomic mass is 9.98. The highest BCUT2D eigenvalue weighted by atomic mass is 19.4. The number of hydrogen-bond acceptors (Lipinski definition) is 9. The van der Waals surface area contributed by atoms with Gasteiger partial charge in [-0.2, -0.15) is 13.2 Å². The second kappa shape index (κ2) is 24.4. The molecule has 1 fully saturated rings. The minimum Gasteiger partial charge on any atom is -0.394 e. The molecule has 1 aromatic rings. The maximum atomic E-state index is 12.9. The molecule has 290 valence electrons. The van der Waals surface area contributed by atoms with Crippen molar-refractivity contribution in [1.82, 2.24) is 5.32 Å². The van der Waals surface area contributed by atoms with E-state index in [0.29, 0.717) is 38.5 Å². The van der Waals surface area contributed by atoms with E-state index < -0.39 is 79.8 Å². The van der Waals surface area contributed by atoms with Crippen molar-refractivity contribution >= 4 is 5.91 Å². The summed E-state index contributed by atoms with van der Waals surface area (Å²) in [7, 11) is 0. The minimum atomic E-state index is -4.39. The predicted octanol–water partition coefficient (Wildman–Crippen LogP) is 4.92. The quantitative estimate of drug-likeness (QED) is 0.0657. The summed E-state index contributed by atoms with van der Waals surface area (Å²) in [5.41, 5.74) is 0.0579. The van der Waals surface area contributed by atoms with E-state index in [1.807, 2.05) is 0 Å². The molecule has 13 heteroatoms. The van der Waals surface area contributed by atoms with Crippen molar-refractivity contribution in [2.24, 2.45) is 0 Å². The van der Waals surface area contributed by atoms with E-state index in [2.05, 4.69) is 12.2 Å². The number of aryl methyl sites for hydroxylation is 1. The lowest BCUT2D eigenvalue weighted by Gasteiger charge is -2.40. The Morgan fingerprint density at radius 2 is 1.38 bits per heavy atom. The van der Waals surface area contributed by atoms with Crippen LogP contribution in [0, 0.1) is 0 Å². The van der Waals surface area contributed by atoms with E-state index in [-0.39, 0.29) is 6.42 Å². The Morgan fingerprint density at radius 3 is 1.94 bits per heavy atom. The molecule has 0 spiro atoms. The van der Waals surface area contributed by atoms with Gasteiger partial charge in [0.05, 0.1) is 30.9 Å². The molecule has 1 heterocycles. The van der Waals surface area contributed by atoms with Gasteiger partial charge in [0, 0.05) is 6.42 Å². The van der Waals surface area contributed by atoms with Crippen molar-refractivity contribution in [2.75, 3.05) is 13.2 Å². The van der Waals surface area contributed by atoms with Crippen LogP contribution in [0.4, 0.5) is 13.2 Å². The summed E-state index contributed by atoms with van der Waals surface area (Å²) < 4.78 is 49.4. The third-order valence-corrected chi connectivity index (χ3v) is 9.45. The zero-order valence-corrected chi connectivity index (χ0v) is 29.6. The maximum Gasteiger partial charge on any atom is 0.416 e. The molecule has 0 bridgehead atoms. The smallest absolute Gasteiger partial charge is 0.394 e. The number of carbonyl (C=O) groups is 1. The van der Waals surface area contributed by atoms with Crippen LogP contribution in [-0.2, 0) is 26.9 Å². The number of carbonyl (C=O) groups excluding carboxylic acids is 1. The van der Waals surface area contributed by atoms with Gasteiger partial charge in [-0.05, 0) is 43.4 Å². The van der Waals surface area contributed by atoms with Crippen LogP contribution >= 0.6 is 0 Å². The average Bonchev–Trinajstić information content (AvgIpc) is 3.09. The Hall–Kier alpha value is -1.84. The van der Waals surface area contributed by atoms with Gasteiger partial charge >= 0.3 is 6.18 Å². The van der Waals surface area contributed by atoms with Gasteiger partial charge in [0.1, 0.15) is 30.5 Å². The highest BCUT2D eigenvalue weighted by molar-refractivity contribution is 5.76. The van der Waals surface area contributed by atoms with E-state index >= 15 is 0 Å². The number of amides is 1. The lowest BCUT2D eigenvalue weighted by Crippen LogP contribution is -2.60. The van der Waals surface area contributed by atoms with Crippen molar-refractivity contribution in [2.45, 2.75) is 178 Å². The second-order valence-corrected chi connectivity index (χ2v) is 13.7. The first kappa shape index (κ1) is 44.3. The van der Waals surface area contributed by atoms with Gasteiger partial charge in [-0.1, -0.05) is 103 Å². The Morgan fingerprint density at radius 1 is 0.820 bits per heavy atom. The molecular formula is C37H62F3NO9. The highest BCUT2D eigenvalue weighted by Gasteiger charge is 2.44. The van der Waals surface area contributed by atoms with Gasteiger partial charge in [0.2, 0.25) is 5.91 Å². The molecule has 1 amide bonds. The number of benzene rings is 1. The summed E-state index contributed by atoms with van der Waals surface area (Å²) in [4.78, 5) is 12.9. The summed E-state index contributed by atoms with van der Waals surface area (Å²) in [5.74, 6) is -0.418. The number of ether oxygens (including phenoxy) is 2. The number of rotatable bonds is 26. The van der Waals surface area contributed by atoms with E-state index in [1.54, 1.807) is 0 Å². The number of unbranched alkanes of at least 4 members (excludes halogenated alkanes) is 13. The Balaban J connectivity index is 1.82. The first-order chi connectivity index (χ1) is 23.9. The van der Waals surface area contributed by atoms with Crippen molar-refractivity contribution in [3.05, 3.63) is 35.4 Å². The number of aliphatic hydroxyl groups is 6. The zero-order chi connectivity index (χ0) is 36.9. The van der Waals surface area contributed by atoms with E-state index in [1.165, 1.54) is 63.5 Å². The third-order valence-electron chi connectivity index (χ3n) is 9.45. The van der Waals surface area contributed by atoms with Crippen molar-refractivity contribution in [1.29, 1.82) is 0 Å². The van der Waals surface area contributed by atoms with Gasteiger partial charge in [0.15, 0.2) is 6.29 Å². The van der Waals surface area contributed by atoms with Crippen molar-refractivity contribution < 1.29 is 58.1 Å². The van der Waals surface area contributed by atoms with Crippen LogP contribution in [0.25, 0.3) is 0 Å². The molecule has 10 nitrogen and oxygen atoms in total. The SMILES string of the molecule is CCCCCCCCCCCCCC[C@@H](O)[C@@H](O)[C@H](COC1OC(CO)C(O)C(O)C1O)NC(=O)CCCCCc1ccc(C(F)(F)F)cc1. The van der Waals surface area contributed by atoms with Gasteiger partial charge in [-0.3, -0.25) is 4.79 Å². The Bertz CT molecular complexity index is 1030. The molecule has 50 heavy (non-hydrogen) atoms. The normalized spacial score (nSPS) is 23.0. The first-order valence-corrected chi connectivity index (χ1v) is 18.6. The molecule has 1 aromatic carbocycles. The van der Waals surface area contributed by atoms with Crippen LogP contribution in [0.1, 0.15) is 127 Å². The highest BCUT2D eigenvalue weighted by Crippen LogP contribution is 2.29. The van der Waals surface area contributed by atoms with Crippen LogP contribution < -0.4 is 5.32 Å². The van der Waals surface area contributed by atoms with E-state index in [9.17, 15) is 48.6 Å². The van der Waals surface area contributed by atoms with Gasteiger partial charge in [-0.25, -0.2) is 0 Å². The third kappa shape index (κ3) is 16.7. The first-order valence-electron chi connectivity index (χ1n) is 18.6. The summed E-state index contributed by atoms with van der Waals surface area (Å²) in [6, 6.07) is 3.88. The molecule has 1 aliphatic heterocycles. The van der Waals surface area contributed by atoms with Gasteiger partial charge < -0.3 is 45.4 Å². The predicted molar refractivity (Wildman–Crippen MR) is 183 cm³/mol. The van der Waals surface area contributed by atoms with E-state index in [0.717, 1.165) is 37.0 Å². The topological polar surface area (TPSA) is 169 Å². The summed E-state index contributed by atoms with van der Waals surface area (Å²) in [5, 5.41) is 64.5. The van der Waals surface area contributed by atoms with Gasteiger partial charge in [-0.15, -0.1) is 0 Å². The van der Waals surface area contributed by atoms with Crippen LogP contribution in [0.2, 0.25) is 0 Å². The minimum absolute atomic E-state index is 0.0884. The molecule has 5 unspecified atom stereocenters. The number of nitrogens with one attached hydrogen (secondary N) is 1. The standard InChI is InChI=1S/C37H62F3NO9/c1-2-3-4-5-6-7-8-9-10-11-12-15-18-29(43)32(45)28(25-49-36-35(48)34(47)33(46)30(24-42)50-36)41-31(44)19-16-13-14-17-26-20-22-27(23-21-26)37(38,39)40/h20-23,28-30,32-36,42-43,45-48H,2-19,24-25H2,1H3,(H,41,44)/t28-,29+,30?,32-,33?,34?,35?,36?/m0/s1. The fourth-order valence-electron chi connectivity index (χ4n) is 6.19. The molecule has 7 N–H and O–H groups in total. The Labute approximate surface area is 295 Å². The van der Waals surface area contributed by atoms with Crippen molar-refractivity contribution in [3.63, 3.8) is 0 Å². The molecule has 1 saturated heterocycles. The summed E-state index contributed by atoms with van der Waals surface area (Å²) >= 11 is 0. The van der Waals surface area contributed by atoms with E-state index in [4.69, 9.17) is 9.47 Å². The van der Waals surface area contributed by atoms with Crippen LogP contribution in [-0.4, -0.2) is 98.7 Å². The number of aliphatic hydroxyl groups excluding tert-OH is 6. The largest absolute Gasteiger partial charge is 0.416 e. The molecule has 0 aliphatic carbocycles. The molecular weight excluding hydrogens is 659 g/mol. The number of halogens is 3. The molecule has 0 aromatic heterocycles. The fourth-order valence-corrected chi connectivity index (χ4v) is 6.19. The summed E-state index contributed by atoms with van der Waals surface area (Å²) in [6.07, 6.45) is 1.97. The van der Waals surface area contributed by atoms with Crippen molar-refractivity contribution in [3.8, 4) is 0 Å². The number of alkyl halides is 3. The molecule has 0 saturated carbocycles. The molecule has 2 rings (SSSR count). The summed E-state index contributed by atoms with van der Waals surface area (Å²) in [6.45, 7) is 1.16. The monoisotopic (exact) mass is 721 g/mol. The number of hydrogen-bond donors (Lipinski definition) is 7. The van der Waals surface area contributed by atoms with Gasteiger partial charge in [0.25, 0.3) is 0 Å². The average molecular weight is 722 g/mol. The Kier molecular flexibility index (Phi) is 21.6. The zero-order valence-electron chi connectivity index (χ0n) is 29.6. The lowest BCUT2D eigenvalue weighted by molar-refractivity contribution is -0.303.